The predicted octanol–water partition coefficient (Wildman–Crippen LogP) is 1.88. The maximum absolute atomic E-state index is 11.9. The zero-order valence-corrected chi connectivity index (χ0v) is 10.3. The van der Waals surface area contributed by atoms with Crippen LogP contribution in [0.15, 0.2) is 0 Å². The summed E-state index contributed by atoms with van der Waals surface area (Å²) >= 11 is 0. The first-order valence-electron chi connectivity index (χ1n) is 5.65. The number of unbranched alkanes of at least 4 members (excludes halogenated alkanes) is 2. The lowest BCUT2D eigenvalue weighted by molar-refractivity contribution is -0.140. The van der Waals surface area contributed by atoms with E-state index in [2.05, 4.69) is 6.92 Å². The highest BCUT2D eigenvalue weighted by molar-refractivity contribution is 7.86. The second-order valence-electron chi connectivity index (χ2n) is 4.07. The van der Waals surface area contributed by atoms with Gasteiger partial charge in [-0.25, -0.2) is 0 Å². The van der Waals surface area contributed by atoms with Crippen molar-refractivity contribution in [3.63, 3.8) is 0 Å². The van der Waals surface area contributed by atoms with Crippen molar-refractivity contribution >= 4 is 16.8 Å². The minimum absolute atomic E-state index is 0.285. The lowest BCUT2D eigenvalue weighted by Gasteiger charge is -2.12. The fourth-order valence-electron chi connectivity index (χ4n) is 1.65. The Hall–Kier alpha value is -0.380. The molecule has 0 aromatic carbocycles. The van der Waals surface area contributed by atoms with Crippen molar-refractivity contribution in [3.8, 4) is 0 Å². The molecule has 0 aliphatic heterocycles. The number of carbonyl (C=O) groups is 1. The molecule has 0 spiro atoms. The summed E-state index contributed by atoms with van der Waals surface area (Å²) in [7, 11) is 0.345. The highest BCUT2D eigenvalue weighted by Crippen LogP contribution is 2.36. The van der Waals surface area contributed by atoms with E-state index in [0.29, 0.717) is 11.7 Å². The topological polar surface area (TPSA) is 43.4 Å². The van der Waals surface area contributed by atoms with Crippen LogP contribution in [0.1, 0.15) is 39.0 Å². The first kappa shape index (κ1) is 12.7. The van der Waals surface area contributed by atoms with Crippen molar-refractivity contribution < 1.29 is 13.7 Å². The molecule has 0 radical (unpaired) electrons. The number of ether oxygens (including phenoxy) is 1. The number of carbonyl (C=O) groups excluding carboxylic acids is 1. The van der Waals surface area contributed by atoms with E-state index < -0.39 is 10.8 Å². The second kappa shape index (κ2) is 6.26. The van der Waals surface area contributed by atoms with Crippen molar-refractivity contribution in [3.05, 3.63) is 0 Å². The van der Waals surface area contributed by atoms with Gasteiger partial charge >= 0.3 is 5.97 Å². The molecule has 2 unspecified atom stereocenters. The SMILES string of the molecule is CCCCCS(=O)C(C(=O)OC)C1CC1. The Morgan fingerprint density at radius 3 is 2.60 bits per heavy atom. The predicted molar refractivity (Wildman–Crippen MR) is 61.1 cm³/mol. The van der Waals surface area contributed by atoms with Crippen LogP contribution >= 0.6 is 0 Å². The molecule has 2 atom stereocenters. The van der Waals surface area contributed by atoms with E-state index in [9.17, 15) is 9.00 Å². The summed E-state index contributed by atoms with van der Waals surface area (Å²) in [5, 5.41) is -0.355. The van der Waals surface area contributed by atoms with E-state index in [1.54, 1.807) is 0 Å². The molecule has 0 N–H and O–H groups in total. The van der Waals surface area contributed by atoms with Gasteiger partial charge in [0.2, 0.25) is 0 Å². The van der Waals surface area contributed by atoms with E-state index in [4.69, 9.17) is 4.74 Å². The van der Waals surface area contributed by atoms with Gasteiger partial charge in [0.15, 0.2) is 0 Å². The standard InChI is InChI=1S/C11H20O3S/c1-3-4-5-8-15(13)10(9-6-7-9)11(12)14-2/h9-10H,3-8H2,1-2H3. The van der Waals surface area contributed by atoms with Crippen molar-refractivity contribution in [2.45, 2.75) is 44.3 Å². The van der Waals surface area contributed by atoms with Crippen LogP contribution in [-0.4, -0.2) is 28.3 Å². The van der Waals surface area contributed by atoms with Gasteiger partial charge in [-0.3, -0.25) is 9.00 Å². The quantitative estimate of drug-likeness (QED) is 0.497. The summed E-state index contributed by atoms with van der Waals surface area (Å²) in [6.07, 6.45) is 5.20. The first-order chi connectivity index (χ1) is 7.20. The van der Waals surface area contributed by atoms with Gasteiger partial charge in [0.25, 0.3) is 0 Å². The molecule has 0 saturated heterocycles. The van der Waals surface area contributed by atoms with Gasteiger partial charge in [-0.15, -0.1) is 0 Å². The van der Waals surface area contributed by atoms with E-state index in [1.165, 1.54) is 7.11 Å². The van der Waals surface area contributed by atoms with Gasteiger partial charge in [-0.05, 0) is 25.2 Å². The van der Waals surface area contributed by atoms with Gasteiger partial charge in [0.1, 0.15) is 5.25 Å². The lowest BCUT2D eigenvalue weighted by Crippen LogP contribution is -2.30. The Kier molecular flexibility index (Phi) is 5.29. The highest BCUT2D eigenvalue weighted by atomic mass is 32.2. The fourth-order valence-corrected chi connectivity index (χ4v) is 3.41. The summed E-state index contributed by atoms with van der Waals surface area (Å²) < 4.78 is 16.6. The Bertz CT molecular complexity index is 236. The number of hydrogen-bond acceptors (Lipinski definition) is 3. The Morgan fingerprint density at radius 1 is 1.47 bits per heavy atom. The largest absolute Gasteiger partial charge is 0.468 e. The first-order valence-corrected chi connectivity index (χ1v) is 7.04. The normalized spacial score (nSPS) is 19.6. The fraction of sp³-hybridized carbons (Fsp3) is 0.909. The molecule has 0 bridgehead atoms. The molecular weight excluding hydrogens is 212 g/mol. The van der Waals surface area contributed by atoms with Crippen molar-refractivity contribution in [1.29, 1.82) is 0 Å². The van der Waals surface area contributed by atoms with Crippen molar-refractivity contribution in [2.24, 2.45) is 5.92 Å². The van der Waals surface area contributed by atoms with Gasteiger partial charge in [0, 0.05) is 16.6 Å². The molecule has 88 valence electrons. The Morgan fingerprint density at radius 2 is 2.13 bits per heavy atom. The zero-order chi connectivity index (χ0) is 11.3. The molecule has 0 aromatic heterocycles. The molecule has 1 aliphatic carbocycles. The molecule has 1 rings (SSSR count). The Balaban J connectivity index is 2.41. The summed E-state index contributed by atoms with van der Waals surface area (Å²) in [6, 6.07) is 0. The maximum atomic E-state index is 11.9. The van der Waals surface area contributed by atoms with E-state index >= 15 is 0 Å². The van der Waals surface area contributed by atoms with Crippen LogP contribution in [0.2, 0.25) is 0 Å². The maximum Gasteiger partial charge on any atom is 0.321 e. The zero-order valence-electron chi connectivity index (χ0n) is 9.53. The lowest BCUT2D eigenvalue weighted by atomic mass is 10.3. The summed E-state index contributed by atoms with van der Waals surface area (Å²) in [5.41, 5.74) is 0. The van der Waals surface area contributed by atoms with Gasteiger partial charge in [0.05, 0.1) is 7.11 Å². The molecular formula is C11H20O3S. The summed E-state index contributed by atoms with van der Waals surface area (Å²) in [6.45, 7) is 2.11. The van der Waals surface area contributed by atoms with Crippen LogP contribution in [0.5, 0.6) is 0 Å². The Labute approximate surface area is 94.0 Å². The van der Waals surface area contributed by atoms with Crippen LogP contribution < -0.4 is 0 Å². The van der Waals surface area contributed by atoms with Gasteiger partial charge in [-0.2, -0.15) is 0 Å². The average molecular weight is 232 g/mol. The third-order valence-corrected chi connectivity index (χ3v) is 4.55. The molecule has 1 fully saturated rings. The molecule has 3 nitrogen and oxygen atoms in total. The third kappa shape index (κ3) is 3.93. The van der Waals surface area contributed by atoms with Gasteiger partial charge in [-0.1, -0.05) is 19.8 Å². The average Bonchev–Trinajstić information content (AvgIpc) is 3.02. The molecule has 4 heteroatoms. The van der Waals surface area contributed by atoms with Crippen molar-refractivity contribution in [1.82, 2.24) is 0 Å². The van der Waals surface area contributed by atoms with Crippen LogP contribution in [-0.2, 0) is 20.3 Å². The second-order valence-corrected chi connectivity index (χ2v) is 5.75. The summed E-state index contributed by atoms with van der Waals surface area (Å²) in [5.74, 6) is 0.677. The number of esters is 1. The van der Waals surface area contributed by atoms with E-state index in [1.807, 2.05) is 0 Å². The number of rotatable bonds is 7. The third-order valence-electron chi connectivity index (χ3n) is 2.72. The van der Waals surface area contributed by atoms with Crippen LogP contribution in [0.4, 0.5) is 0 Å². The number of hydrogen-bond donors (Lipinski definition) is 0. The van der Waals surface area contributed by atoms with Crippen LogP contribution in [0.3, 0.4) is 0 Å². The van der Waals surface area contributed by atoms with E-state index in [0.717, 1.165) is 32.1 Å². The van der Waals surface area contributed by atoms with Crippen LogP contribution in [0, 0.1) is 5.92 Å². The number of methoxy groups -OCH3 is 1. The monoisotopic (exact) mass is 232 g/mol. The molecule has 1 saturated carbocycles. The van der Waals surface area contributed by atoms with E-state index in [-0.39, 0.29) is 11.2 Å². The summed E-state index contributed by atoms with van der Waals surface area (Å²) in [4.78, 5) is 11.5. The minimum Gasteiger partial charge on any atom is -0.468 e. The minimum atomic E-state index is -1.03. The molecule has 0 amide bonds. The van der Waals surface area contributed by atoms with Crippen LogP contribution in [0.25, 0.3) is 0 Å². The molecule has 0 aromatic rings. The van der Waals surface area contributed by atoms with Crippen molar-refractivity contribution in [2.75, 3.05) is 12.9 Å². The smallest absolute Gasteiger partial charge is 0.321 e. The molecule has 1 aliphatic rings. The van der Waals surface area contributed by atoms with Gasteiger partial charge < -0.3 is 4.74 Å². The molecule has 0 heterocycles. The highest BCUT2D eigenvalue weighted by Gasteiger charge is 2.40. The molecule has 15 heavy (non-hydrogen) atoms.